The van der Waals surface area contributed by atoms with Crippen LogP contribution in [0.15, 0.2) is 84.6 Å². The first-order valence-electron chi connectivity index (χ1n) is 16.4. The Morgan fingerprint density at radius 1 is 0.784 bits per heavy atom. The van der Waals surface area contributed by atoms with Crippen LogP contribution in [0.3, 0.4) is 0 Å². The van der Waals surface area contributed by atoms with Crippen LogP contribution in [0.25, 0.3) is 0 Å². The van der Waals surface area contributed by atoms with Gasteiger partial charge in [0.25, 0.3) is 0 Å². The van der Waals surface area contributed by atoms with Crippen molar-refractivity contribution in [3.63, 3.8) is 0 Å². The summed E-state index contributed by atoms with van der Waals surface area (Å²) in [6.07, 6.45) is 2.89. The summed E-state index contributed by atoms with van der Waals surface area (Å²) >= 11 is 1.40. The Morgan fingerprint density at radius 3 is 2.06 bits per heavy atom. The van der Waals surface area contributed by atoms with E-state index in [1.165, 1.54) is 11.3 Å². The average Bonchev–Trinajstić information content (AvgIpc) is 3.78. The second kappa shape index (κ2) is 17.2. The summed E-state index contributed by atoms with van der Waals surface area (Å²) in [5.41, 5.74) is 2.20. The number of nitrogens with one attached hydrogen (secondary N) is 5. The fraction of sp³-hybridized carbons (Fsp3) is 0.306. The molecule has 5 amide bonds. The van der Waals surface area contributed by atoms with Crippen LogP contribution in [0, 0.1) is 0 Å². The minimum absolute atomic E-state index is 0.0282. The van der Waals surface area contributed by atoms with Gasteiger partial charge in [0.15, 0.2) is 0 Å². The lowest BCUT2D eigenvalue weighted by atomic mass is 10.0. The summed E-state index contributed by atoms with van der Waals surface area (Å²) in [6.45, 7) is 0. The number of imidazole rings is 1. The molecule has 0 aliphatic carbocycles. The number of thiophene rings is 1. The van der Waals surface area contributed by atoms with Crippen LogP contribution in [0.2, 0.25) is 0 Å². The Labute approximate surface area is 298 Å². The van der Waals surface area contributed by atoms with Gasteiger partial charge in [-0.2, -0.15) is 0 Å². The molecule has 2 aliphatic rings. The van der Waals surface area contributed by atoms with Crippen LogP contribution >= 0.6 is 11.3 Å². The largest absolute Gasteiger partial charge is 0.480 e. The zero-order chi connectivity index (χ0) is 36.3. The molecule has 1 unspecified atom stereocenters. The maximum absolute atomic E-state index is 14.1. The third-order valence-electron chi connectivity index (χ3n) is 8.23. The summed E-state index contributed by atoms with van der Waals surface area (Å²) in [5, 5.41) is 25.4. The number of rotatable bonds is 7. The molecule has 0 saturated carbocycles. The Morgan fingerprint density at radius 2 is 1.43 bits per heavy atom. The van der Waals surface area contributed by atoms with E-state index in [2.05, 4.69) is 31.6 Å². The van der Waals surface area contributed by atoms with Crippen molar-refractivity contribution in [2.45, 2.75) is 62.7 Å². The molecule has 0 saturated heterocycles. The number of carboxylic acid groups (broad SMARTS) is 1. The molecule has 0 radical (unpaired) electrons. The van der Waals surface area contributed by atoms with Crippen molar-refractivity contribution in [3.05, 3.63) is 106 Å². The summed E-state index contributed by atoms with van der Waals surface area (Å²) in [4.78, 5) is 84.9. The predicted molar refractivity (Wildman–Crippen MR) is 188 cm³/mol. The zero-order valence-electron chi connectivity index (χ0n) is 27.8. The summed E-state index contributed by atoms with van der Waals surface area (Å²) in [7, 11) is 1.76. The van der Waals surface area contributed by atoms with Gasteiger partial charge in [-0.15, -0.1) is 11.3 Å². The van der Waals surface area contributed by atoms with E-state index in [0.29, 0.717) is 22.5 Å². The first-order chi connectivity index (χ1) is 24.5. The minimum Gasteiger partial charge on any atom is -0.480 e. The molecule has 6 N–H and O–H groups in total. The SMILES string of the molecule is Cn1cnc(C[C@@H]2NC(=O)C(Cc3cccs3)NC(=O)CCC(=O)Nc3ccc(cc3)C[C@@H](C(=O)O)NC(=O)[C@@H](Cc3ccccc3)NC2=O)c1. The van der Waals surface area contributed by atoms with E-state index < -0.39 is 59.7 Å². The molecule has 2 aliphatic heterocycles. The van der Waals surface area contributed by atoms with Gasteiger partial charge in [0.1, 0.15) is 24.2 Å². The molecule has 2 aromatic heterocycles. The minimum atomic E-state index is -1.35. The molecular formula is C36H39N7O7S. The van der Waals surface area contributed by atoms with Gasteiger partial charge in [0.05, 0.1) is 12.0 Å². The number of nitrogens with zero attached hydrogens (tertiary/aromatic N) is 2. The van der Waals surface area contributed by atoms with E-state index in [1.807, 2.05) is 17.5 Å². The van der Waals surface area contributed by atoms with Crippen molar-refractivity contribution in [3.8, 4) is 0 Å². The van der Waals surface area contributed by atoms with Crippen molar-refractivity contribution in [2.75, 3.05) is 5.32 Å². The molecule has 266 valence electrons. The number of hydrogen-bond acceptors (Lipinski definition) is 8. The highest BCUT2D eigenvalue weighted by atomic mass is 32.1. The molecule has 6 rings (SSSR count). The highest BCUT2D eigenvalue weighted by Gasteiger charge is 2.32. The molecule has 15 heteroatoms. The lowest BCUT2D eigenvalue weighted by molar-refractivity contribution is -0.142. The molecule has 2 bridgehead atoms. The van der Waals surface area contributed by atoms with E-state index in [1.54, 1.807) is 78.7 Å². The van der Waals surface area contributed by atoms with Crippen LogP contribution in [0.5, 0.6) is 0 Å². The first-order valence-corrected chi connectivity index (χ1v) is 17.3. The number of aliphatic carboxylic acids is 1. The zero-order valence-corrected chi connectivity index (χ0v) is 28.7. The Hall–Kier alpha value is -5.83. The van der Waals surface area contributed by atoms with E-state index >= 15 is 0 Å². The van der Waals surface area contributed by atoms with Gasteiger partial charge in [-0.05, 0) is 34.7 Å². The number of aryl methyl sites for hydroxylation is 1. The molecule has 14 nitrogen and oxygen atoms in total. The second-order valence-electron chi connectivity index (χ2n) is 12.3. The van der Waals surface area contributed by atoms with Crippen molar-refractivity contribution >= 4 is 52.5 Å². The molecule has 0 fully saturated rings. The van der Waals surface area contributed by atoms with Gasteiger partial charge in [0.2, 0.25) is 29.5 Å². The number of hydrogen-bond donors (Lipinski definition) is 6. The van der Waals surface area contributed by atoms with Crippen LogP contribution < -0.4 is 26.6 Å². The van der Waals surface area contributed by atoms with Gasteiger partial charge in [-0.25, -0.2) is 9.78 Å². The molecular weight excluding hydrogens is 675 g/mol. The normalized spacial score (nSPS) is 21.0. The maximum Gasteiger partial charge on any atom is 0.326 e. The van der Waals surface area contributed by atoms with Crippen LogP contribution in [-0.4, -0.2) is 74.3 Å². The van der Waals surface area contributed by atoms with E-state index in [9.17, 15) is 33.9 Å². The Kier molecular flexibility index (Phi) is 12.3. The smallest absolute Gasteiger partial charge is 0.326 e. The monoisotopic (exact) mass is 713 g/mol. The van der Waals surface area contributed by atoms with Crippen molar-refractivity contribution in [1.29, 1.82) is 0 Å². The average molecular weight is 714 g/mol. The Balaban J connectivity index is 1.49. The van der Waals surface area contributed by atoms with E-state index in [-0.39, 0.29) is 38.5 Å². The number of carbonyl (C=O) groups is 6. The lowest BCUT2D eigenvalue weighted by Crippen LogP contribution is -2.59. The standard InChI is InChI=1S/C36H39N7O7S/c1-43-20-25(37-21-43)18-28-34(47)40-27(16-22-6-3-2-4-7-22)33(46)42-30(36(49)50)17-23-9-11-24(12-10-23)38-31(44)13-14-32(45)39-29(35(48)41-28)19-26-8-5-15-51-26/h2-12,15,20-21,27-30H,13-14,16-19H2,1H3,(H,38,44)(H,39,45)(H,40,47)(H,41,48)(H,42,46)(H,49,50)/t27-,28+,29?,30+/m1/s1. The summed E-state index contributed by atoms with van der Waals surface area (Å²) < 4.78 is 1.68. The number of aromatic nitrogens is 2. The first kappa shape index (κ1) is 36.5. The van der Waals surface area contributed by atoms with Crippen molar-refractivity contribution in [2.24, 2.45) is 7.05 Å². The van der Waals surface area contributed by atoms with Crippen LogP contribution in [0.4, 0.5) is 5.69 Å². The molecule has 51 heavy (non-hydrogen) atoms. The van der Waals surface area contributed by atoms with Crippen molar-refractivity contribution < 1.29 is 33.9 Å². The number of carboxylic acids is 1. The fourth-order valence-corrected chi connectivity index (χ4v) is 6.33. The second-order valence-corrected chi connectivity index (χ2v) is 13.3. The van der Waals surface area contributed by atoms with Gasteiger partial charge in [0, 0.05) is 62.3 Å². The molecule has 4 aromatic rings. The van der Waals surface area contributed by atoms with Gasteiger partial charge in [-0.1, -0.05) is 48.5 Å². The number of carbonyl (C=O) groups excluding carboxylic acids is 5. The fourth-order valence-electron chi connectivity index (χ4n) is 5.58. The summed E-state index contributed by atoms with van der Waals surface area (Å²) in [5.74, 6) is -4.35. The van der Waals surface area contributed by atoms with Crippen LogP contribution in [0.1, 0.15) is 34.5 Å². The topological polar surface area (TPSA) is 201 Å². The molecule has 4 heterocycles. The summed E-state index contributed by atoms with van der Waals surface area (Å²) in [6, 6.07) is 14.1. The predicted octanol–water partition coefficient (Wildman–Crippen LogP) is 1.51. The highest BCUT2D eigenvalue weighted by molar-refractivity contribution is 7.09. The Bertz CT molecular complexity index is 1840. The van der Waals surface area contributed by atoms with Gasteiger partial charge in [-0.3, -0.25) is 24.0 Å². The molecule has 2 aromatic carbocycles. The third-order valence-corrected chi connectivity index (χ3v) is 9.13. The maximum atomic E-state index is 14.1. The van der Waals surface area contributed by atoms with Gasteiger partial charge < -0.3 is 36.3 Å². The number of anilines is 1. The highest BCUT2D eigenvalue weighted by Crippen LogP contribution is 2.15. The quantitative estimate of drug-likeness (QED) is 0.155. The third kappa shape index (κ3) is 10.8. The van der Waals surface area contributed by atoms with E-state index in [0.717, 1.165) is 4.88 Å². The number of benzene rings is 2. The van der Waals surface area contributed by atoms with Crippen LogP contribution in [-0.2, 0) is 61.5 Å². The molecule has 4 atom stereocenters. The van der Waals surface area contributed by atoms with Crippen molar-refractivity contribution in [1.82, 2.24) is 30.8 Å². The molecule has 0 spiro atoms. The number of amides is 5. The lowest BCUT2D eigenvalue weighted by Gasteiger charge is -2.26. The number of fused-ring (bicyclic) bond motifs is 18. The van der Waals surface area contributed by atoms with Gasteiger partial charge >= 0.3 is 5.97 Å². The van der Waals surface area contributed by atoms with E-state index in [4.69, 9.17) is 0 Å².